The van der Waals surface area contributed by atoms with Crippen LogP contribution in [-0.4, -0.2) is 57.7 Å². The van der Waals surface area contributed by atoms with Gasteiger partial charge in [-0.25, -0.2) is 13.1 Å². The van der Waals surface area contributed by atoms with Gasteiger partial charge in [0.15, 0.2) is 0 Å². The van der Waals surface area contributed by atoms with Gasteiger partial charge in [-0.05, 0) is 57.5 Å². The highest BCUT2D eigenvalue weighted by Crippen LogP contribution is 2.23. The van der Waals surface area contributed by atoms with Crippen LogP contribution in [0.3, 0.4) is 0 Å². The molecule has 1 amide bonds. The molecule has 0 aromatic carbocycles. The monoisotopic (exact) mass is 367 g/mol. The van der Waals surface area contributed by atoms with Gasteiger partial charge in [-0.2, -0.15) is 0 Å². The highest BCUT2D eigenvalue weighted by atomic mass is 35.5. The van der Waals surface area contributed by atoms with E-state index >= 15 is 0 Å². The summed E-state index contributed by atoms with van der Waals surface area (Å²) in [6.07, 6.45) is 7.88. The first-order chi connectivity index (χ1) is 10.5. The number of hydrogen-bond acceptors (Lipinski definition) is 4. The van der Waals surface area contributed by atoms with Gasteiger partial charge in [0.1, 0.15) is 0 Å². The van der Waals surface area contributed by atoms with Gasteiger partial charge in [0.25, 0.3) is 0 Å². The van der Waals surface area contributed by atoms with Gasteiger partial charge < -0.3 is 10.2 Å². The second kappa shape index (κ2) is 9.81. The number of carbonyl (C=O) groups excluding carboxylic acids is 1. The van der Waals surface area contributed by atoms with E-state index in [4.69, 9.17) is 0 Å². The molecular weight excluding hydrogens is 338 g/mol. The van der Waals surface area contributed by atoms with Crippen molar-refractivity contribution in [1.29, 1.82) is 0 Å². The van der Waals surface area contributed by atoms with Crippen molar-refractivity contribution in [2.24, 2.45) is 5.92 Å². The Bertz CT molecular complexity index is 467. The number of amides is 1. The summed E-state index contributed by atoms with van der Waals surface area (Å²) in [7, 11) is -3.15. The van der Waals surface area contributed by atoms with E-state index in [1.807, 2.05) is 4.90 Å². The van der Waals surface area contributed by atoms with Crippen LogP contribution in [0.4, 0.5) is 0 Å². The first-order valence-corrected chi connectivity index (χ1v) is 10.3. The first-order valence-electron chi connectivity index (χ1n) is 8.40. The third-order valence-electron chi connectivity index (χ3n) is 4.71. The minimum absolute atomic E-state index is 0. The van der Waals surface area contributed by atoms with Gasteiger partial charge in [0, 0.05) is 25.6 Å². The molecule has 2 saturated heterocycles. The highest BCUT2D eigenvalue weighted by Gasteiger charge is 2.28. The Kier molecular flexibility index (Phi) is 8.82. The SMILES string of the molecule is CS(=O)(=O)NCCC1CCCCN1C(=O)CC1CCNCC1.Cl. The molecule has 0 saturated carbocycles. The van der Waals surface area contributed by atoms with Crippen LogP contribution in [0.5, 0.6) is 0 Å². The molecule has 2 aliphatic heterocycles. The lowest BCUT2D eigenvalue weighted by atomic mass is 9.92. The summed E-state index contributed by atoms with van der Waals surface area (Å²) >= 11 is 0. The molecule has 2 N–H and O–H groups in total. The van der Waals surface area contributed by atoms with Crippen LogP contribution in [0.15, 0.2) is 0 Å². The fraction of sp³-hybridized carbons (Fsp3) is 0.933. The predicted octanol–water partition coefficient (Wildman–Crippen LogP) is 1.12. The van der Waals surface area contributed by atoms with Crippen LogP contribution >= 0.6 is 12.4 Å². The summed E-state index contributed by atoms with van der Waals surface area (Å²) in [6, 6.07) is 0.192. The van der Waals surface area contributed by atoms with Crippen molar-refractivity contribution in [2.45, 2.75) is 51.0 Å². The predicted molar refractivity (Wildman–Crippen MR) is 94.3 cm³/mol. The van der Waals surface area contributed by atoms with Crippen molar-refractivity contribution in [1.82, 2.24) is 14.9 Å². The molecule has 2 aliphatic rings. The van der Waals surface area contributed by atoms with E-state index in [1.54, 1.807) is 0 Å². The number of carbonyl (C=O) groups is 1. The molecule has 8 heteroatoms. The zero-order valence-corrected chi connectivity index (χ0v) is 15.6. The summed E-state index contributed by atoms with van der Waals surface area (Å²) < 4.78 is 24.8. The lowest BCUT2D eigenvalue weighted by Crippen LogP contribution is -2.46. The quantitative estimate of drug-likeness (QED) is 0.737. The van der Waals surface area contributed by atoms with Crippen LogP contribution in [0.1, 0.15) is 44.9 Å². The zero-order chi connectivity index (χ0) is 16.0. The average molecular weight is 368 g/mol. The zero-order valence-electron chi connectivity index (χ0n) is 13.9. The molecule has 6 nitrogen and oxygen atoms in total. The number of rotatable bonds is 6. The van der Waals surface area contributed by atoms with Crippen molar-refractivity contribution < 1.29 is 13.2 Å². The van der Waals surface area contributed by atoms with E-state index in [-0.39, 0.29) is 24.4 Å². The Morgan fingerprint density at radius 2 is 1.91 bits per heavy atom. The van der Waals surface area contributed by atoms with E-state index in [9.17, 15) is 13.2 Å². The second-order valence-corrected chi connectivity index (χ2v) is 8.42. The molecule has 2 fully saturated rings. The van der Waals surface area contributed by atoms with Crippen LogP contribution < -0.4 is 10.0 Å². The number of piperidine rings is 2. The maximum Gasteiger partial charge on any atom is 0.223 e. The Hall–Kier alpha value is -0.370. The molecule has 0 aromatic rings. The molecule has 136 valence electrons. The minimum atomic E-state index is -3.15. The average Bonchev–Trinajstić information content (AvgIpc) is 2.47. The Labute approximate surface area is 146 Å². The van der Waals surface area contributed by atoms with E-state index in [0.29, 0.717) is 25.3 Å². The summed E-state index contributed by atoms with van der Waals surface area (Å²) in [4.78, 5) is 14.6. The number of sulfonamides is 1. The second-order valence-electron chi connectivity index (χ2n) is 6.59. The van der Waals surface area contributed by atoms with Gasteiger partial charge >= 0.3 is 0 Å². The first kappa shape index (κ1) is 20.7. The maximum atomic E-state index is 12.6. The van der Waals surface area contributed by atoms with Gasteiger partial charge in [0.2, 0.25) is 15.9 Å². The van der Waals surface area contributed by atoms with Crippen LogP contribution in [0.2, 0.25) is 0 Å². The molecule has 0 bridgehead atoms. The lowest BCUT2D eigenvalue weighted by molar-refractivity contribution is -0.136. The fourth-order valence-corrected chi connectivity index (χ4v) is 3.98. The third kappa shape index (κ3) is 7.37. The Morgan fingerprint density at radius 3 is 2.57 bits per heavy atom. The van der Waals surface area contributed by atoms with Crippen molar-refractivity contribution in [3.8, 4) is 0 Å². The molecule has 2 rings (SSSR count). The van der Waals surface area contributed by atoms with E-state index in [2.05, 4.69) is 10.0 Å². The largest absolute Gasteiger partial charge is 0.340 e. The number of likely N-dealkylation sites (tertiary alicyclic amines) is 1. The van der Waals surface area contributed by atoms with Gasteiger partial charge in [-0.3, -0.25) is 4.79 Å². The molecule has 0 radical (unpaired) electrons. The molecular formula is C15H30ClN3O3S. The number of halogens is 1. The van der Waals surface area contributed by atoms with Gasteiger partial charge in [-0.1, -0.05) is 0 Å². The number of nitrogens with zero attached hydrogens (tertiary/aromatic N) is 1. The topological polar surface area (TPSA) is 78.5 Å². The summed E-state index contributed by atoms with van der Waals surface area (Å²) in [6.45, 7) is 3.27. The molecule has 0 aliphatic carbocycles. The van der Waals surface area contributed by atoms with Crippen molar-refractivity contribution in [2.75, 3.05) is 32.4 Å². The third-order valence-corrected chi connectivity index (χ3v) is 5.44. The molecule has 1 atom stereocenters. The number of hydrogen-bond donors (Lipinski definition) is 2. The molecule has 2 heterocycles. The maximum absolute atomic E-state index is 12.6. The molecule has 23 heavy (non-hydrogen) atoms. The minimum Gasteiger partial charge on any atom is -0.340 e. The molecule has 0 spiro atoms. The van der Waals surface area contributed by atoms with Crippen LogP contribution in [0.25, 0.3) is 0 Å². The van der Waals surface area contributed by atoms with Crippen LogP contribution in [0, 0.1) is 5.92 Å². The van der Waals surface area contributed by atoms with Gasteiger partial charge in [-0.15, -0.1) is 12.4 Å². The Morgan fingerprint density at radius 1 is 1.22 bits per heavy atom. The fourth-order valence-electron chi connectivity index (χ4n) is 3.49. The van der Waals surface area contributed by atoms with Gasteiger partial charge in [0.05, 0.1) is 6.26 Å². The summed E-state index contributed by atoms with van der Waals surface area (Å²) in [5, 5.41) is 3.33. The van der Waals surface area contributed by atoms with E-state index < -0.39 is 10.0 Å². The van der Waals surface area contributed by atoms with Crippen molar-refractivity contribution in [3.63, 3.8) is 0 Å². The normalized spacial score (nSPS) is 23.3. The summed E-state index contributed by atoms with van der Waals surface area (Å²) in [5.74, 6) is 0.765. The highest BCUT2D eigenvalue weighted by molar-refractivity contribution is 7.88. The van der Waals surface area contributed by atoms with Crippen LogP contribution in [-0.2, 0) is 14.8 Å². The smallest absolute Gasteiger partial charge is 0.223 e. The molecule has 1 unspecified atom stereocenters. The Balaban J connectivity index is 0.00000264. The van der Waals surface area contributed by atoms with Crippen molar-refractivity contribution >= 4 is 28.3 Å². The molecule has 0 aromatic heterocycles. The van der Waals surface area contributed by atoms with Crippen molar-refractivity contribution in [3.05, 3.63) is 0 Å². The van der Waals surface area contributed by atoms with E-state index in [1.165, 1.54) is 6.26 Å². The standard InChI is InChI=1S/C15H29N3O3S.ClH/c1-22(20,21)17-10-7-14-4-2-3-11-18(14)15(19)12-13-5-8-16-9-6-13;/h13-14,16-17H,2-12H2,1H3;1H. The lowest BCUT2D eigenvalue weighted by Gasteiger charge is -2.37. The number of nitrogens with one attached hydrogen (secondary N) is 2. The summed E-state index contributed by atoms with van der Waals surface area (Å²) in [5.41, 5.74) is 0. The van der Waals surface area contributed by atoms with E-state index in [0.717, 1.165) is 51.7 Å².